The van der Waals surface area contributed by atoms with Crippen LogP contribution in [-0.4, -0.2) is 72.4 Å². The third-order valence-corrected chi connectivity index (χ3v) is 1.50. The minimum absolute atomic E-state index is 0. The van der Waals surface area contributed by atoms with E-state index >= 15 is 0 Å². The molecule has 0 bridgehead atoms. The summed E-state index contributed by atoms with van der Waals surface area (Å²) in [4.78, 5) is 30.6. The molecule has 0 aliphatic carbocycles. The number of carbonyl (C=O) groups is 3. The third kappa shape index (κ3) is 15.2. The van der Waals surface area contributed by atoms with Crippen LogP contribution in [0.3, 0.4) is 0 Å². The monoisotopic (exact) mass is 290 g/mol. The Morgan fingerprint density at radius 3 is 1.53 bits per heavy atom. The molecule has 0 heterocycles. The first-order valence-corrected chi connectivity index (χ1v) is 4.84. The molecule has 0 rings (SSSR count). The number of hydrogen-bond donors (Lipinski definition) is 3. The fraction of sp³-hybridized carbons (Fsp3) is 0.667. The number of ether oxygens (including phenoxy) is 3. The van der Waals surface area contributed by atoms with Crippen LogP contribution in [-0.2, 0) is 28.6 Å². The Morgan fingerprint density at radius 1 is 0.842 bits per heavy atom. The Morgan fingerprint density at radius 2 is 1.21 bits per heavy atom. The summed E-state index contributed by atoms with van der Waals surface area (Å²) in [6.07, 6.45) is -0.847. The number of aliphatic carboxylic acids is 3. The molecule has 0 aromatic carbocycles. The van der Waals surface area contributed by atoms with Crippen molar-refractivity contribution in [2.75, 3.05) is 33.0 Å². The van der Waals surface area contributed by atoms with Gasteiger partial charge >= 0.3 is 47.5 Å². The maximum Gasteiger partial charge on any atom is 1.00 e. The van der Waals surface area contributed by atoms with Crippen molar-refractivity contribution in [1.29, 1.82) is 0 Å². The molecular weight excluding hydrogens is 275 g/mol. The summed E-state index contributed by atoms with van der Waals surface area (Å²) in [6.45, 7) is -2.16. The molecule has 9 nitrogen and oxygen atoms in total. The van der Waals surface area contributed by atoms with Crippen molar-refractivity contribution >= 4 is 17.9 Å². The molecule has 0 aromatic rings. The van der Waals surface area contributed by atoms with Gasteiger partial charge in [-0.3, -0.25) is 0 Å². The van der Waals surface area contributed by atoms with E-state index in [0.717, 1.165) is 0 Å². The van der Waals surface area contributed by atoms with E-state index in [0.29, 0.717) is 0 Å². The number of hydrogen-bond acceptors (Lipinski definition) is 6. The minimum Gasteiger partial charge on any atom is -1.00 e. The zero-order valence-corrected chi connectivity index (χ0v) is 12.4. The van der Waals surface area contributed by atoms with Crippen molar-refractivity contribution in [2.24, 2.45) is 0 Å². The first kappa shape index (κ1) is 20.6. The van der Waals surface area contributed by atoms with Crippen LogP contribution in [0.1, 0.15) is 1.43 Å². The first-order valence-electron chi connectivity index (χ1n) is 4.84. The van der Waals surface area contributed by atoms with Gasteiger partial charge in [-0.1, -0.05) is 0 Å². The van der Waals surface area contributed by atoms with E-state index < -0.39 is 43.8 Å². The minimum atomic E-state index is -1.21. The Bertz CT molecular complexity index is 279. The SMILES string of the molecule is O=C(O)COCC(COCC(=O)O)OCC(=O)O.[H-].[Na+]. The van der Waals surface area contributed by atoms with E-state index in [2.05, 4.69) is 0 Å². The maximum atomic E-state index is 10.3. The largest absolute Gasteiger partial charge is 1.00 e. The van der Waals surface area contributed by atoms with Crippen LogP contribution in [0.4, 0.5) is 0 Å². The van der Waals surface area contributed by atoms with Gasteiger partial charge in [0.15, 0.2) is 0 Å². The van der Waals surface area contributed by atoms with Crippen molar-refractivity contribution in [3.8, 4) is 0 Å². The molecule has 0 amide bonds. The van der Waals surface area contributed by atoms with Crippen molar-refractivity contribution in [1.82, 2.24) is 0 Å². The number of rotatable bonds is 11. The molecule has 0 radical (unpaired) electrons. The quantitative estimate of drug-likeness (QED) is 0.323. The zero-order valence-electron chi connectivity index (χ0n) is 11.4. The molecule has 19 heavy (non-hydrogen) atoms. The van der Waals surface area contributed by atoms with Crippen LogP contribution >= 0.6 is 0 Å². The number of carboxylic acids is 3. The van der Waals surface area contributed by atoms with Gasteiger partial charge in [-0.25, -0.2) is 14.4 Å². The van der Waals surface area contributed by atoms with Crippen molar-refractivity contribution in [2.45, 2.75) is 6.10 Å². The zero-order chi connectivity index (χ0) is 14.0. The van der Waals surface area contributed by atoms with Crippen LogP contribution in [0, 0.1) is 0 Å². The predicted octanol–water partition coefficient (Wildman–Crippen LogP) is -4.22. The molecule has 0 unspecified atom stereocenters. The summed E-state index contributed by atoms with van der Waals surface area (Å²) < 4.78 is 14.2. The molecule has 0 spiro atoms. The summed E-state index contributed by atoms with van der Waals surface area (Å²) in [6, 6.07) is 0. The van der Waals surface area contributed by atoms with E-state index in [-0.39, 0.29) is 44.2 Å². The maximum absolute atomic E-state index is 10.3. The van der Waals surface area contributed by atoms with E-state index in [1.165, 1.54) is 0 Å². The molecule has 0 saturated heterocycles. The van der Waals surface area contributed by atoms with Gasteiger partial charge in [-0.05, 0) is 0 Å². The molecule has 0 saturated carbocycles. The van der Waals surface area contributed by atoms with E-state index in [1.807, 2.05) is 0 Å². The normalized spacial score (nSPS) is 9.95. The fourth-order valence-corrected chi connectivity index (χ4v) is 0.889. The van der Waals surface area contributed by atoms with Gasteiger partial charge in [0.1, 0.15) is 25.9 Å². The second kappa shape index (κ2) is 12.3. The smallest absolute Gasteiger partial charge is 1.00 e. The molecule has 3 N–H and O–H groups in total. The van der Waals surface area contributed by atoms with Gasteiger partial charge in [0.25, 0.3) is 0 Å². The molecule has 10 heteroatoms. The van der Waals surface area contributed by atoms with Crippen molar-refractivity contribution < 1.29 is 74.9 Å². The Hall–Kier alpha value is -0.710. The third-order valence-electron chi connectivity index (χ3n) is 1.50. The van der Waals surface area contributed by atoms with Crippen LogP contribution < -0.4 is 29.6 Å². The molecule has 0 atom stereocenters. The second-order valence-corrected chi connectivity index (χ2v) is 3.14. The van der Waals surface area contributed by atoms with Crippen LogP contribution in [0.2, 0.25) is 0 Å². The topological polar surface area (TPSA) is 140 Å². The molecular formula is C9H15NaO9. The fourth-order valence-electron chi connectivity index (χ4n) is 0.889. The van der Waals surface area contributed by atoms with Gasteiger partial charge < -0.3 is 31.0 Å². The molecule has 0 aliphatic rings. The van der Waals surface area contributed by atoms with Gasteiger partial charge in [-0.15, -0.1) is 0 Å². The number of carboxylic acid groups (broad SMARTS) is 3. The van der Waals surface area contributed by atoms with Crippen molar-refractivity contribution in [3.63, 3.8) is 0 Å². The average Bonchev–Trinajstić information content (AvgIpc) is 2.24. The summed E-state index contributed by atoms with van der Waals surface area (Å²) in [5.41, 5.74) is 0. The summed E-state index contributed by atoms with van der Waals surface area (Å²) in [5, 5.41) is 25.0. The predicted molar refractivity (Wildman–Crippen MR) is 55.4 cm³/mol. The molecule has 0 aromatic heterocycles. The van der Waals surface area contributed by atoms with Crippen LogP contribution in [0.25, 0.3) is 0 Å². The van der Waals surface area contributed by atoms with Gasteiger partial charge in [-0.2, -0.15) is 0 Å². The van der Waals surface area contributed by atoms with Crippen molar-refractivity contribution in [3.05, 3.63) is 0 Å². The first-order chi connectivity index (χ1) is 8.41. The van der Waals surface area contributed by atoms with E-state index in [9.17, 15) is 14.4 Å². The van der Waals surface area contributed by atoms with Gasteiger partial charge in [0, 0.05) is 0 Å². The Labute approximate surface area is 132 Å². The second-order valence-electron chi connectivity index (χ2n) is 3.14. The van der Waals surface area contributed by atoms with Crippen LogP contribution in [0.15, 0.2) is 0 Å². The summed E-state index contributed by atoms with van der Waals surface area (Å²) >= 11 is 0. The Balaban J connectivity index is -0.00000144. The average molecular weight is 290 g/mol. The van der Waals surface area contributed by atoms with E-state index in [1.54, 1.807) is 0 Å². The molecule has 106 valence electrons. The van der Waals surface area contributed by atoms with E-state index in [4.69, 9.17) is 29.5 Å². The Kier molecular flexibility index (Phi) is 13.4. The van der Waals surface area contributed by atoms with Gasteiger partial charge in [0.2, 0.25) is 0 Å². The molecule has 0 fully saturated rings. The van der Waals surface area contributed by atoms with Crippen LogP contribution in [0.5, 0.6) is 0 Å². The standard InChI is InChI=1S/C9H14O9.Na.H/c10-7(11)3-16-1-6(18-5-9(14)15)2-17-4-8(12)13;;/h6H,1-5H2,(H,10,11)(H,12,13)(H,14,15);;/q;+1;-1. The van der Waals surface area contributed by atoms with Gasteiger partial charge in [0.05, 0.1) is 13.2 Å². The summed E-state index contributed by atoms with van der Waals surface area (Å²) in [5.74, 6) is -3.58. The molecule has 0 aliphatic heterocycles. The summed E-state index contributed by atoms with van der Waals surface area (Å²) in [7, 11) is 0.